The molecule has 1 aliphatic heterocycles. The first-order valence-corrected chi connectivity index (χ1v) is 9.13. The molecule has 22 heavy (non-hydrogen) atoms. The van der Waals surface area contributed by atoms with Crippen molar-refractivity contribution < 1.29 is 18.0 Å². The second kappa shape index (κ2) is 6.20. The fraction of sp³-hybridized carbons (Fsp3) is 0.500. The van der Waals surface area contributed by atoms with Gasteiger partial charge in [0.15, 0.2) is 15.6 Å². The van der Waals surface area contributed by atoms with Crippen molar-refractivity contribution >= 4 is 21.5 Å². The van der Waals surface area contributed by atoms with Crippen molar-refractivity contribution in [1.29, 1.82) is 0 Å². The zero-order chi connectivity index (χ0) is 16.4. The van der Waals surface area contributed by atoms with Crippen LogP contribution in [-0.2, 0) is 14.6 Å². The van der Waals surface area contributed by atoms with Crippen molar-refractivity contribution in [2.45, 2.75) is 38.6 Å². The molecule has 0 unspecified atom stereocenters. The average Bonchev–Trinajstić information content (AvgIpc) is 2.70. The Hall–Kier alpha value is -1.69. The van der Waals surface area contributed by atoms with E-state index < -0.39 is 15.4 Å². The van der Waals surface area contributed by atoms with E-state index in [1.165, 1.54) is 0 Å². The van der Waals surface area contributed by atoms with E-state index in [9.17, 15) is 18.0 Å². The number of carbonyl (C=O) groups is 2. The summed E-state index contributed by atoms with van der Waals surface area (Å²) >= 11 is 0. The Balaban J connectivity index is 1.85. The van der Waals surface area contributed by atoms with Gasteiger partial charge in [0.05, 0.1) is 17.0 Å². The zero-order valence-corrected chi connectivity index (χ0v) is 13.7. The number of benzene rings is 1. The lowest BCUT2D eigenvalue weighted by Gasteiger charge is -2.23. The largest absolute Gasteiger partial charge is 0.350 e. The smallest absolute Gasteiger partial charge is 0.220 e. The van der Waals surface area contributed by atoms with Gasteiger partial charge in [0, 0.05) is 18.4 Å². The molecule has 2 rings (SSSR count). The second-order valence-corrected chi connectivity index (χ2v) is 8.42. The molecule has 1 aromatic carbocycles. The quantitative estimate of drug-likeness (QED) is 0.836. The number of nitrogens with one attached hydrogen (secondary N) is 1. The summed E-state index contributed by atoms with van der Waals surface area (Å²) in [5.41, 5.74) is 0.959. The van der Waals surface area contributed by atoms with Gasteiger partial charge in [0.1, 0.15) is 0 Å². The van der Waals surface area contributed by atoms with E-state index in [4.69, 9.17) is 0 Å². The van der Waals surface area contributed by atoms with Crippen molar-refractivity contribution in [2.75, 3.05) is 11.5 Å². The Morgan fingerprint density at radius 3 is 2.36 bits per heavy atom. The summed E-state index contributed by atoms with van der Waals surface area (Å²) in [5, 5.41) is 2.76. The van der Waals surface area contributed by atoms with Gasteiger partial charge >= 0.3 is 0 Å². The number of hydrogen-bond acceptors (Lipinski definition) is 4. The van der Waals surface area contributed by atoms with Gasteiger partial charge in [0.2, 0.25) is 5.91 Å². The number of hydrogen-bond donors (Lipinski definition) is 1. The van der Waals surface area contributed by atoms with Crippen LogP contribution in [0.3, 0.4) is 0 Å². The first kappa shape index (κ1) is 16.7. The minimum atomic E-state index is -3.06. The molecule has 0 aromatic heterocycles. The molecule has 0 radical (unpaired) electrons. The highest BCUT2D eigenvalue weighted by Crippen LogP contribution is 2.23. The van der Waals surface area contributed by atoms with Crippen molar-refractivity contribution in [3.8, 4) is 0 Å². The SMILES string of the molecule is Cc1ccc(C(=O)CCC(=O)N[C@@]2(C)CCS(=O)(=O)C2)cc1. The molecule has 120 valence electrons. The fourth-order valence-electron chi connectivity index (χ4n) is 2.62. The summed E-state index contributed by atoms with van der Waals surface area (Å²) in [6, 6.07) is 7.22. The van der Waals surface area contributed by atoms with Crippen LogP contribution in [0, 0.1) is 6.92 Å². The predicted molar refractivity (Wildman–Crippen MR) is 84.6 cm³/mol. The molecule has 1 atom stereocenters. The molecule has 1 aliphatic rings. The minimum Gasteiger partial charge on any atom is -0.350 e. The first-order valence-electron chi connectivity index (χ1n) is 7.30. The molecule has 1 aromatic rings. The Morgan fingerprint density at radius 1 is 1.18 bits per heavy atom. The van der Waals surface area contributed by atoms with Crippen molar-refractivity contribution in [3.05, 3.63) is 35.4 Å². The third kappa shape index (κ3) is 4.40. The third-order valence-corrected chi connectivity index (χ3v) is 5.80. The second-order valence-electron chi connectivity index (χ2n) is 6.24. The Morgan fingerprint density at radius 2 is 1.82 bits per heavy atom. The number of aryl methyl sites for hydroxylation is 1. The monoisotopic (exact) mass is 323 g/mol. The number of amides is 1. The predicted octanol–water partition coefficient (Wildman–Crippen LogP) is 1.65. The summed E-state index contributed by atoms with van der Waals surface area (Å²) in [4.78, 5) is 24.0. The van der Waals surface area contributed by atoms with Gasteiger partial charge in [-0.15, -0.1) is 0 Å². The number of rotatable bonds is 5. The van der Waals surface area contributed by atoms with Crippen molar-refractivity contribution in [1.82, 2.24) is 5.32 Å². The Kier molecular flexibility index (Phi) is 4.70. The molecule has 6 heteroatoms. The third-order valence-electron chi connectivity index (χ3n) is 3.90. The summed E-state index contributed by atoms with van der Waals surface area (Å²) in [7, 11) is -3.06. The maximum absolute atomic E-state index is 12.0. The van der Waals surface area contributed by atoms with E-state index >= 15 is 0 Å². The normalized spacial score (nSPS) is 23.2. The number of carbonyl (C=O) groups excluding carboxylic acids is 2. The highest BCUT2D eigenvalue weighted by Gasteiger charge is 2.39. The summed E-state index contributed by atoms with van der Waals surface area (Å²) in [6.07, 6.45) is 0.618. The van der Waals surface area contributed by atoms with Crippen LogP contribution in [0.15, 0.2) is 24.3 Å². The molecule has 0 aliphatic carbocycles. The zero-order valence-electron chi connectivity index (χ0n) is 12.9. The Bertz CT molecular complexity index is 679. The van der Waals surface area contributed by atoms with Crippen LogP contribution in [0.4, 0.5) is 0 Å². The lowest BCUT2D eigenvalue weighted by atomic mass is 10.0. The molecular weight excluding hydrogens is 302 g/mol. The van der Waals surface area contributed by atoms with Gasteiger partial charge in [-0.2, -0.15) is 0 Å². The van der Waals surface area contributed by atoms with Crippen LogP contribution in [0.5, 0.6) is 0 Å². The van der Waals surface area contributed by atoms with E-state index in [0.29, 0.717) is 12.0 Å². The molecule has 1 fully saturated rings. The van der Waals surface area contributed by atoms with Crippen LogP contribution < -0.4 is 5.32 Å². The standard InChI is InChI=1S/C16H21NO4S/c1-12-3-5-13(6-4-12)14(18)7-8-15(19)17-16(2)9-10-22(20,21)11-16/h3-6H,7-11H2,1-2H3,(H,17,19)/t16-/m0/s1. The summed E-state index contributed by atoms with van der Waals surface area (Å²) in [5.74, 6) is -0.289. The molecule has 1 N–H and O–H groups in total. The summed E-state index contributed by atoms with van der Waals surface area (Å²) in [6.45, 7) is 3.68. The molecular formula is C16H21NO4S. The lowest BCUT2D eigenvalue weighted by molar-refractivity contribution is -0.122. The van der Waals surface area contributed by atoms with E-state index in [0.717, 1.165) is 5.56 Å². The molecule has 1 amide bonds. The van der Waals surface area contributed by atoms with Gasteiger partial charge in [-0.1, -0.05) is 29.8 Å². The van der Waals surface area contributed by atoms with Crippen LogP contribution in [-0.4, -0.2) is 37.2 Å². The lowest BCUT2D eigenvalue weighted by Crippen LogP contribution is -2.46. The molecule has 5 nitrogen and oxygen atoms in total. The topological polar surface area (TPSA) is 80.3 Å². The number of ketones is 1. The molecule has 1 heterocycles. The number of sulfone groups is 1. The van der Waals surface area contributed by atoms with Gasteiger partial charge in [-0.05, 0) is 20.3 Å². The number of Topliss-reactive ketones (excluding diaryl/α,β-unsaturated/α-hetero) is 1. The van der Waals surface area contributed by atoms with Gasteiger partial charge in [0.25, 0.3) is 0 Å². The van der Waals surface area contributed by atoms with E-state index in [1.807, 2.05) is 19.1 Å². The van der Waals surface area contributed by atoms with E-state index in [1.54, 1.807) is 19.1 Å². The highest BCUT2D eigenvalue weighted by molar-refractivity contribution is 7.91. The maximum atomic E-state index is 12.0. The van der Waals surface area contributed by atoms with Gasteiger partial charge < -0.3 is 5.32 Å². The maximum Gasteiger partial charge on any atom is 0.220 e. The molecule has 0 spiro atoms. The minimum absolute atomic E-state index is 0.0301. The van der Waals surface area contributed by atoms with Crippen LogP contribution >= 0.6 is 0 Å². The van der Waals surface area contributed by atoms with Crippen molar-refractivity contribution in [3.63, 3.8) is 0 Å². The van der Waals surface area contributed by atoms with E-state index in [2.05, 4.69) is 5.32 Å². The van der Waals surface area contributed by atoms with Crippen LogP contribution in [0.1, 0.15) is 42.1 Å². The van der Waals surface area contributed by atoms with Gasteiger partial charge in [-0.25, -0.2) is 8.42 Å². The fourth-order valence-corrected chi connectivity index (χ4v) is 4.71. The van der Waals surface area contributed by atoms with Crippen LogP contribution in [0.2, 0.25) is 0 Å². The van der Waals surface area contributed by atoms with Gasteiger partial charge in [-0.3, -0.25) is 9.59 Å². The van der Waals surface area contributed by atoms with Crippen LogP contribution in [0.25, 0.3) is 0 Å². The summed E-state index contributed by atoms with van der Waals surface area (Å²) < 4.78 is 23.0. The van der Waals surface area contributed by atoms with E-state index in [-0.39, 0.29) is 36.0 Å². The highest BCUT2D eigenvalue weighted by atomic mass is 32.2. The molecule has 0 saturated carbocycles. The average molecular weight is 323 g/mol. The Labute approximate surface area is 131 Å². The first-order chi connectivity index (χ1) is 10.2. The molecule has 0 bridgehead atoms. The van der Waals surface area contributed by atoms with Crippen molar-refractivity contribution in [2.24, 2.45) is 0 Å². The molecule has 1 saturated heterocycles.